The fourth-order valence-corrected chi connectivity index (χ4v) is 5.43. The van der Waals surface area contributed by atoms with Crippen LogP contribution in [0.3, 0.4) is 0 Å². The summed E-state index contributed by atoms with van der Waals surface area (Å²) in [6, 6.07) is 17.0. The molecule has 31 heavy (non-hydrogen) atoms. The smallest absolute Gasteiger partial charge is 0.357 e. The van der Waals surface area contributed by atoms with Crippen molar-refractivity contribution in [1.82, 2.24) is 9.36 Å². The van der Waals surface area contributed by atoms with Gasteiger partial charge in [-0.3, -0.25) is 14.0 Å². The molecule has 7 nitrogen and oxygen atoms in total. The van der Waals surface area contributed by atoms with Crippen molar-refractivity contribution in [1.29, 1.82) is 0 Å². The molecule has 0 aliphatic rings. The zero-order valence-corrected chi connectivity index (χ0v) is 19.6. The van der Waals surface area contributed by atoms with Gasteiger partial charge in [-0.05, 0) is 45.4 Å². The second-order valence-corrected chi connectivity index (χ2v) is 9.38. The van der Waals surface area contributed by atoms with Gasteiger partial charge in [-0.25, -0.2) is 4.68 Å². The Bertz CT molecular complexity index is 1110. The summed E-state index contributed by atoms with van der Waals surface area (Å²) >= 11 is 0. The van der Waals surface area contributed by atoms with Crippen LogP contribution in [0.1, 0.15) is 36.5 Å². The second-order valence-electron chi connectivity index (χ2n) is 7.27. The van der Waals surface area contributed by atoms with Gasteiger partial charge in [-0.1, -0.05) is 48.0 Å². The van der Waals surface area contributed by atoms with E-state index in [1.807, 2.05) is 75.5 Å². The van der Waals surface area contributed by atoms with E-state index in [0.29, 0.717) is 11.4 Å². The molecule has 166 valence electrons. The van der Waals surface area contributed by atoms with Gasteiger partial charge in [0, 0.05) is 7.05 Å². The van der Waals surface area contributed by atoms with Crippen molar-refractivity contribution in [3.8, 4) is 5.69 Å². The lowest BCUT2D eigenvalue weighted by Gasteiger charge is -2.28. The quantitative estimate of drug-likeness (QED) is 0.462. The van der Waals surface area contributed by atoms with E-state index in [2.05, 4.69) is 5.32 Å². The average Bonchev–Trinajstić information content (AvgIpc) is 2.96. The number of rotatable bonds is 9. The maximum Gasteiger partial charge on any atom is 0.357 e. The molecule has 0 amide bonds. The van der Waals surface area contributed by atoms with Crippen molar-refractivity contribution in [2.24, 2.45) is 7.05 Å². The van der Waals surface area contributed by atoms with E-state index in [0.717, 1.165) is 16.8 Å². The first-order valence-corrected chi connectivity index (χ1v) is 12.0. The normalized spacial score (nSPS) is 12.7. The second kappa shape index (κ2) is 9.69. The highest BCUT2D eigenvalue weighted by atomic mass is 31.2. The molecule has 1 atom stereocenters. The molecule has 0 aliphatic carbocycles. The van der Waals surface area contributed by atoms with Gasteiger partial charge in [0.2, 0.25) is 0 Å². The van der Waals surface area contributed by atoms with E-state index in [1.165, 1.54) is 0 Å². The van der Waals surface area contributed by atoms with Crippen LogP contribution < -0.4 is 10.9 Å². The van der Waals surface area contributed by atoms with Gasteiger partial charge in [0.15, 0.2) is 5.78 Å². The Balaban J connectivity index is 2.13. The zero-order valence-electron chi connectivity index (χ0n) is 18.7. The molecule has 1 unspecified atom stereocenters. The van der Waals surface area contributed by atoms with Crippen LogP contribution in [0.4, 0.5) is 5.69 Å². The van der Waals surface area contributed by atoms with Crippen LogP contribution in [-0.2, 0) is 20.7 Å². The van der Waals surface area contributed by atoms with Crippen molar-refractivity contribution in [2.45, 2.75) is 33.5 Å². The first kappa shape index (κ1) is 23.1. The fourth-order valence-electron chi connectivity index (χ4n) is 3.51. The lowest BCUT2D eigenvalue weighted by molar-refractivity contribution is 0.214. The number of para-hydroxylation sites is 1. The molecule has 8 heteroatoms. The summed E-state index contributed by atoms with van der Waals surface area (Å²) in [5.74, 6) is -0.828. The molecule has 1 aromatic heterocycles. The molecule has 3 aromatic rings. The summed E-state index contributed by atoms with van der Waals surface area (Å²) in [7, 11) is -1.80. The lowest BCUT2D eigenvalue weighted by atomic mass is 10.1. The molecule has 0 saturated carbocycles. The van der Waals surface area contributed by atoms with E-state index < -0.39 is 13.4 Å². The Kier molecular flexibility index (Phi) is 7.21. The maximum absolute atomic E-state index is 13.8. The molecular formula is C23H30N3O4P. The first-order chi connectivity index (χ1) is 14.8. The number of hydrogen-bond acceptors (Lipinski definition) is 5. The lowest BCUT2D eigenvalue weighted by Crippen LogP contribution is -2.23. The standard InChI is InChI=1S/C23H30N3O4P/c1-6-29-31(28,30-7-2)22(19-15-13-17(3)14-16-19)24-21-18(4)25(5)26(23(21)27)20-11-9-8-10-12-20/h8-16,22,24H,6-7H2,1-5H3. The Hall–Kier alpha value is -2.60. The van der Waals surface area contributed by atoms with Crippen LogP contribution in [0.5, 0.6) is 0 Å². The summed E-state index contributed by atoms with van der Waals surface area (Å²) in [6.45, 7) is 7.83. The summed E-state index contributed by atoms with van der Waals surface area (Å²) < 4.78 is 28.4. The van der Waals surface area contributed by atoms with Crippen molar-refractivity contribution >= 4 is 13.3 Å². The van der Waals surface area contributed by atoms with Crippen LogP contribution in [-0.4, -0.2) is 22.6 Å². The topological polar surface area (TPSA) is 74.5 Å². The van der Waals surface area contributed by atoms with Crippen LogP contribution in [0, 0.1) is 13.8 Å². The number of aryl methyl sites for hydroxylation is 1. The highest BCUT2D eigenvalue weighted by Crippen LogP contribution is 2.60. The van der Waals surface area contributed by atoms with Crippen molar-refractivity contribution in [3.05, 3.63) is 81.8 Å². The number of nitrogens with one attached hydrogen (secondary N) is 1. The minimum Gasteiger partial charge on any atom is -0.362 e. The predicted octanol–water partition coefficient (Wildman–Crippen LogP) is 5.17. The van der Waals surface area contributed by atoms with Crippen molar-refractivity contribution < 1.29 is 13.6 Å². The van der Waals surface area contributed by atoms with Crippen LogP contribution in [0.25, 0.3) is 5.69 Å². The third-order valence-electron chi connectivity index (χ3n) is 5.16. The fraction of sp³-hybridized carbons (Fsp3) is 0.348. The molecule has 0 spiro atoms. The van der Waals surface area contributed by atoms with E-state index in [9.17, 15) is 9.36 Å². The van der Waals surface area contributed by atoms with Gasteiger partial charge >= 0.3 is 7.60 Å². The van der Waals surface area contributed by atoms with Crippen LogP contribution >= 0.6 is 7.60 Å². The summed E-state index contributed by atoms with van der Waals surface area (Å²) in [6.07, 6.45) is 0. The minimum absolute atomic E-state index is 0.226. The van der Waals surface area contributed by atoms with E-state index >= 15 is 0 Å². The Morgan fingerprint density at radius 3 is 2.10 bits per heavy atom. The molecule has 0 radical (unpaired) electrons. The van der Waals surface area contributed by atoms with E-state index in [4.69, 9.17) is 9.05 Å². The third kappa shape index (κ3) is 4.69. The van der Waals surface area contributed by atoms with Crippen molar-refractivity contribution in [2.75, 3.05) is 18.5 Å². The largest absolute Gasteiger partial charge is 0.362 e. The van der Waals surface area contributed by atoms with Gasteiger partial charge in [-0.2, -0.15) is 0 Å². The van der Waals surface area contributed by atoms with Gasteiger partial charge in [0.25, 0.3) is 5.56 Å². The van der Waals surface area contributed by atoms with Crippen LogP contribution in [0.15, 0.2) is 59.4 Å². The summed E-state index contributed by atoms with van der Waals surface area (Å²) in [4.78, 5) is 13.4. The number of anilines is 1. The number of hydrogen-bond donors (Lipinski definition) is 1. The Morgan fingerprint density at radius 1 is 0.968 bits per heavy atom. The summed E-state index contributed by atoms with van der Waals surface area (Å²) in [5.41, 5.74) is 3.39. The number of benzene rings is 2. The van der Waals surface area contributed by atoms with Gasteiger partial charge < -0.3 is 14.4 Å². The number of nitrogens with zero attached hydrogens (tertiary/aromatic N) is 2. The third-order valence-corrected chi connectivity index (χ3v) is 7.46. The molecule has 3 rings (SSSR count). The molecule has 0 bridgehead atoms. The predicted molar refractivity (Wildman–Crippen MR) is 124 cm³/mol. The first-order valence-electron chi connectivity index (χ1n) is 10.4. The average molecular weight is 443 g/mol. The van der Waals surface area contributed by atoms with E-state index in [1.54, 1.807) is 23.2 Å². The van der Waals surface area contributed by atoms with Gasteiger partial charge in [0.05, 0.1) is 24.6 Å². The highest BCUT2D eigenvalue weighted by molar-refractivity contribution is 7.54. The molecule has 1 N–H and O–H groups in total. The molecule has 0 saturated heterocycles. The SMILES string of the molecule is CCOP(=O)(OCC)C(Nc1c(C)n(C)n(-c2ccccc2)c1=O)c1ccc(C)cc1. The van der Waals surface area contributed by atoms with Crippen LogP contribution in [0.2, 0.25) is 0 Å². The number of aromatic nitrogens is 2. The monoisotopic (exact) mass is 443 g/mol. The summed E-state index contributed by atoms with van der Waals surface area (Å²) in [5, 5.41) is 3.23. The van der Waals surface area contributed by atoms with Crippen molar-refractivity contribution in [3.63, 3.8) is 0 Å². The Morgan fingerprint density at radius 2 is 1.55 bits per heavy atom. The maximum atomic E-state index is 13.8. The molecule has 0 fully saturated rings. The minimum atomic E-state index is -3.62. The molecule has 2 aromatic carbocycles. The molecule has 0 aliphatic heterocycles. The molecular weight excluding hydrogens is 413 g/mol. The van der Waals surface area contributed by atoms with Gasteiger partial charge in [0.1, 0.15) is 5.69 Å². The van der Waals surface area contributed by atoms with E-state index in [-0.39, 0.29) is 18.8 Å². The zero-order chi connectivity index (χ0) is 22.6. The molecule has 1 heterocycles. The Labute approximate surface area is 183 Å². The highest BCUT2D eigenvalue weighted by Gasteiger charge is 2.38. The van der Waals surface area contributed by atoms with Gasteiger partial charge in [-0.15, -0.1) is 0 Å².